The monoisotopic (exact) mass is 586 g/mol. The minimum Gasteiger partial charge on any atom is -0.478 e. The summed E-state index contributed by atoms with van der Waals surface area (Å²) >= 11 is 0. The van der Waals surface area contributed by atoms with Crippen LogP contribution in [0.5, 0.6) is 0 Å². The van der Waals surface area contributed by atoms with Gasteiger partial charge in [0.1, 0.15) is 17.3 Å². The maximum atomic E-state index is 16.5. The first kappa shape index (κ1) is 28.8. The lowest BCUT2D eigenvalue weighted by molar-refractivity contribution is -0.220. The molecule has 4 aliphatic carbocycles. The van der Waals surface area contributed by atoms with Crippen LogP contribution in [0.25, 0.3) is 0 Å². The first-order valence-corrected chi connectivity index (χ1v) is 16.5. The van der Waals surface area contributed by atoms with E-state index in [-0.39, 0.29) is 48.0 Å². The van der Waals surface area contributed by atoms with E-state index in [0.717, 1.165) is 38.6 Å². The number of carboxylic acids is 1. The summed E-state index contributed by atoms with van der Waals surface area (Å²) in [5.74, 6) is -1.12. The van der Waals surface area contributed by atoms with Crippen LogP contribution in [-0.4, -0.2) is 87.8 Å². The molecule has 9 heteroatoms. The van der Waals surface area contributed by atoms with Crippen LogP contribution in [0.3, 0.4) is 0 Å². The quantitative estimate of drug-likeness (QED) is 0.385. The fraction of sp³-hybridized carbons (Fsp3) is 0.848. The molecule has 2 saturated heterocycles. The van der Waals surface area contributed by atoms with E-state index in [1.54, 1.807) is 6.20 Å². The Morgan fingerprint density at radius 2 is 1.69 bits per heavy atom. The highest BCUT2D eigenvalue weighted by atomic mass is 19.1. The Balaban J connectivity index is 1.19. The minimum absolute atomic E-state index is 0.0138. The number of carbonyl (C=O) groups excluding carboxylic acids is 2. The third-order valence-corrected chi connectivity index (χ3v) is 11.9. The zero-order chi connectivity index (χ0) is 29.5. The van der Waals surface area contributed by atoms with Gasteiger partial charge in [0.25, 0.3) is 0 Å². The van der Waals surface area contributed by atoms with E-state index >= 15 is 4.39 Å². The molecule has 3 aliphatic heterocycles. The maximum Gasteiger partial charge on any atom is 0.340 e. The molecule has 12 unspecified atom stereocenters. The fourth-order valence-electron chi connectivity index (χ4n) is 10.3. The zero-order valence-corrected chi connectivity index (χ0v) is 25.3. The molecule has 42 heavy (non-hydrogen) atoms. The number of aliphatic carboxylic acids is 1. The molecule has 0 amide bonds. The molecule has 3 heterocycles. The normalized spacial score (nSPS) is 45.2. The molecule has 0 radical (unpaired) electrons. The molecule has 4 saturated carbocycles. The number of rotatable bonds is 3. The average Bonchev–Trinajstić information content (AvgIpc) is 3.36. The number of Topliss-reactive ketones (excluding diaryl/α,β-unsaturated/α-hetero) is 1. The van der Waals surface area contributed by atoms with E-state index in [1.807, 2.05) is 20.8 Å². The van der Waals surface area contributed by atoms with Crippen molar-refractivity contribution in [3.8, 4) is 0 Å². The molecule has 1 N–H and O–H groups in total. The second-order valence-corrected chi connectivity index (χ2v) is 15.4. The molecule has 12 atom stereocenters. The van der Waals surface area contributed by atoms with Crippen molar-refractivity contribution in [2.45, 2.75) is 127 Å². The van der Waals surface area contributed by atoms with Crippen molar-refractivity contribution in [1.82, 2.24) is 9.80 Å². The summed E-state index contributed by atoms with van der Waals surface area (Å²) in [7, 11) is 0. The number of ketones is 1. The molecule has 0 aromatic rings. The van der Waals surface area contributed by atoms with Crippen LogP contribution in [0.4, 0.5) is 4.39 Å². The number of hydrogen-bond donors (Lipinski definition) is 1. The summed E-state index contributed by atoms with van der Waals surface area (Å²) < 4.78 is 29.2. The molecular weight excluding hydrogens is 539 g/mol. The molecule has 8 nitrogen and oxygen atoms in total. The van der Waals surface area contributed by atoms with Gasteiger partial charge in [-0.2, -0.15) is 0 Å². The molecule has 0 spiro atoms. The van der Waals surface area contributed by atoms with Gasteiger partial charge in [0, 0.05) is 25.2 Å². The largest absolute Gasteiger partial charge is 0.478 e. The molecule has 6 fully saturated rings. The van der Waals surface area contributed by atoms with Crippen LogP contribution in [0.2, 0.25) is 0 Å². The van der Waals surface area contributed by atoms with Crippen LogP contribution in [0.15, 0.2) is 11.8 Å². The lowest BCUT2D eigenvalue weighted by Gasteiger charge is -2.61. The zero-order valence-electron chi connectivity index (χ0n) is 25.3. The number of likely N-dealkylation sites (tertiary alicyclic amines) is 1. The summed E-state index contributed by atoms with van der Waals surface area (Å²) in [6.45, 7) is 7.03. The second kappa shape index (κ2) is 10.6. The fourth-order valence-corrected chi connectivity index (χ4v) is 10.3. The number of esters is 1. The van der Waals surface area contributed by atoms with E-state index in [2.05, 4.69) is 9.80 Å². The number of carboxylic acid groups (broad SMARTS) is 1. The van der Waals surface area contributed by atoms with Crippen molar-refractivity contribution in [3.63, 3.8) is 0 Å². The number of ether oxygens (including phenoxy) is 2. The number of alkyl halides is 1. The van der Waals surface area contributed by atoms with Crippen LogP contribution in [0.1, 0.15) is 85.0 Å². The van der Waals surface area contributed by atoms with Crippen LogP contribution < -0.4 is 0 Å². The Hall–Kier alpha value is -2.00. The smallest absolute Gasteiger partial charge is 0.340 e. The highest BCUT2D eigenvalue weighted by molar-refractivity contribution is 6.18. The molecular formula is C33H47FN2O6. The lowest BCUT2D eigenvalue weighted by atomic mass is 9.64. The van der Waals surface area contributed by atoms with Crippen molar-refractivity contribution in [1.29, 1.82) is 0 Å². The first-order valence-electron chi connectivity index (χ1n) is 16.5. The summed E-state index contributed by atoms with van der Waals surface area (Å²) in [5, 5.41) is 9.94. The van der Waals surface area contributed by atoms with Gasteiger partial charge in [0.2, 0.25) is 0 Å². The highest BCUT2D eigenvalue weighted by Crippen LogP contribution is 2.52. The minimum atomic E-state index is -1.31. The highest BCUT2D eigenvalue weighted by Gasteiger charge is 2.62. The van der Waals surface area contributed by atoms with Crippen LogP contribution in [0, 0.1) is 35.5 Å². The first-order chi connectivity index (χ1) is 20.0. The van der Waals surface area contributed by atoms with Gasteiger partial charge in [-0.15, -0.1) is 0 Å². The van der Waals surface area contributed by atoms with Crippen molar-refractivity contribution < 1.29 is 33.4 Å². The number of nitrogens with zero attached hydrogens (tertiary/aromatic N) is 2. The lowest BCUT2D eigenvalue weighted by Crippen LogP contribution is -2.73. The Morgan fingerprint density at radius 1 is 0.976 bits per heavy atom. The van der Waals surface area contributed by atoms with Crippen LogP contribution >= 0.6 is 0 Å². The van der Waals surface area contributed by atoms with Gasteiger partial charge in [0.15, 0.2) is 5.78 Å². The Labute approximate surface area is 248 Å². The van der Waals surface area contributed by atoms with Gasteiger partial charge in [-0.1, -0.05) is 32.1 Å². The van der Waals surface area contributed by atoms with Crippen molar-refractivity contribution >= 4 is 17.7 Å². The molecule has 7 aliphatic rings. The molecule has 0 bridgehead atoms. The Bertz CT molecular complexity index is 1150. The van der Waals surface area contributed by atoms with Gasteiger partial charge in [-0.25, -0.2) is 9.18 Å². The number of morpholine rings is 1. The van der Waals surface area contributed by atoms with E-state index in [0.29, 0.717) is 24.3 Å². The Morgan fingerprint density at radius 3 is 2.40 bits per heavy atom. The van der Waals surface area contributed by atoms with Gasteiger partial charge >= 0.3 is 11.9 Å². The van der Waals surface area contributed by atoms with Gasteiger partial charge in [-0.3, -0.25) is 14.5 Å². The van der Waals surface area contributed by atoms with E-state index in [1.165, 1.54) is 25.7 Å². The topological polar surface area (TPSA) is 96.4 Å². The van der Waals surface area contributed by atoms with Gasteiger partial charge in [0.05, 0.1) is 36.3 Å². The predicted octanol–water partition coefficient (Wildman–Crippen LogP) is 4.36. The Kier molecular flexibility index (Phi) is 7.23. The van der Waals surface area contributed by atoms with Crippen LogP contribution in [-0.2, 0) is 23.9 Å². The van der Waals surface area contributed by atoms with E-state index in [9.17, 15) is 19.5 Å². The molecule has 7 rings (SSSR count). The van der Waals surface area contributed by atoms with Crippen molar-refractivity contribution in [2.75, 3.05) is 13.1 Å². The van der Waals surface area contributed by atoms with Crippen molar-refractivity contribution in [2.24, 2.45) is 35.5 Å². The van der Waals surface area contributed by atoms with E-state index in [4.69, 9.17) is 9.47 Å². The molecule has 232 valence electrons. The summed E-state index contributed by atoms with van der Waals surface area (Å²) in [5.41, 5.74) is -0.757. The standard InChI is InChI=1S/C33H47FN2O6/c1-33(2,3)42-32(40)20-10-6-9-19-14-35(15-22(19)20)28-24(34)13-21-27-30(28)41-26-12-18-8-5-4-7-17(18)11-25(26)36(27)16-23(29(21)37)31(38)39/h16-22,24-28,30H,4-15H2,1-3H3,(H,38,39). The predicted molar refractivity (Wildman–Crippen MR) is 152 cm³/mol. The summed E-state index contributed by atoms with van der Waals surface area (Å²) in [4.78, 5) is 43.3. The summed E-state index contributed by atoms with van der Waals surface area (Å²) in [6.07, 6.45) is 9.18. The average molecular weight is 587 g/mol. The second-order valence-electron chi connectivity index (χ2n) is 15.4. The van der Waals surface area contributed by atoms with Gasteiger partial charge in [-0.05, 0) is 76.5 Å². The number of fused-ring (bicyclic) bond motifs is 4. The third-order valence-electron chi connectivity index (χ3n) is 11.9. The number of halogens is 1. The third kappa shape index (κ3) is 4.81. The SMILES string of the molecule is CC(C)(C)OC(=O)C1CCCC2CN(C3C(F)CC4C(=O)C(C(=O)O)=CN5C6CC7CCCCC7CC6OC3C45)CC21. The van der Waals surface area contributed by atoms with E-state index < -0.39 is 41.6 Å². The van der Waals surface area contributed by atoms with Gasteiger partial charge < -0.3 is 19.5 Å². The summed E-state index contributed by atoms with van der Waals surface area (Å²) in [6, 6.07) is -0.857. The maximum absolute atomic E-state index is 16.5. The molecule has 0 aromatic carbocycles. The van der Waals surface area contributed by atoms with Crippen molar-refractivity contribution in [3.05, 3.63) is 11.8 Å². The number of carbonyl (C=O) groups is 3. The molecule has 0 aromatic heterocycles. The number of hydrogen-bond acceptors (Lipinski definition) is 7.